The number of carbonyl (C=O) groups is 1. The highest BCUT2D eigenvalue weighted by molar-refractivity contribution is 6.05. The molecule has 0 aromatic carbocycles. The molecule has 0 spiro atoms. The molecule has 0 N–H and O–H groups in total. The number of ketones is 1. The predicted molar refractivity (Wildman–Crippen MR) is 60.8 cm³/mol. The maximum atomic E-state index is 11.6. The molecule has 0 fully saturated rings. The first-order valence-corrected chi connectivity index (χ1v) is 4.88. The van der Waals surface area contributed by atoms with Crippen molar-refractivity contribution in [1.29, 1.82) is 0 Å². The third kappa shape index (κ3) is 2.42. The monoisotopic (exact) mass is 213 g/mol. The van der Waals surface area contributed by atoms with Gasteiger partial charge in [-0.25, -0.2) is 0 Å². The number of carbonyl (C=O) groups excluding carboxylic acids is 1. The summed E-state index contributed by atoms with van der Waals surface area (Å²) in [6.07, 6.45) is 8.36. The molecule has 0 amide bonds. The van der Waals surface area contributed by atoms with Crippen molar-refractivity contribution in [1.82, 2.24) is 14.8 Å². The molecule has 4 nitrogen and oxygen atoms in total. The van der Waals surface area contributed by atoms with Crippen LogP contribution in [0.15, 0.2) is 42.9 Å². The van der Waals surface area contributed by atoms with Gasteiger partial charge in [-0.3, -0.25) is 14.5 Å². The molecule has 0 atom stereocenters. The number of hydrogen-bond acceptors (Lipinski definition) is 3. The number of aromatic nitrogens is 3. The van der Waals surface area contributed by atoms with Gasteiger partial charge in [0.15, 0.2) is 0 Å². The zero-order chi connectivity index (χ0) is 11.4. The molecule has 0 saturated carbocycles. The van der Waals surface area contributed by atoms with Crippen LogP contribution in [0.2, 0.25) is 0 Å². The average Bonchev–Trinajstić information content (AvgIpc) is 2.74. The third-order valence-electron chi connectivity index (χ3n) is 2.08. The van der Waals surface area contributed by atoms with Crippen LogP contribution < -0.4 is 0 Å². The predicted octanol–water partition coefficient (Wildman–Crippen LogP) is 1.71. The second-order valence-electron chi connectivity index (χ2n) is 3.36. The first-order valence-electron chi connectivity index (χ1n) is 4.88. The van der Waals surface area contributed by atoms with Crippen LogP contribution >= 0.6 is 0 Å². The van der Waals surface area contributed by atoms with Gasteiger partial charge < -0.3 is 0 Å². The Hall–Kier alpha value is -2.23. The summed E-state index contributed by atoms with van der Waals surface area (Å²) < 4.78 is 1.60. The van der Waals surface area contributed by atoms with Crippen LogP contribution in [0, 0.1) is 0 Å². The zero-order valence-electron chi connectivity index (χ0n) is 8.87. The molecular formula is C12H11N3O. The highest BCUT2D eigenvalue weighted by Gasteiger charge is 2.03. The molecular weight excluding hydrogens is 202 g/mol. The summed E-state index contributed by atoms with van der Waals surface area (Å²) in [7, 11) is 1.78. The van der Waals surface area contributed by atoms with E-state index in [1.165, 1.54) is 6.08 Å². The Morgan fingerprint density at radius 1 is 1.44 bits per heavy atom. The fourth-order valence-corrected chi connectivity index (χ4v) is 1.28. The number of nitrogens with zero attached hydrogens (tertiary/aromatic N) is 3. The smallest absolute Gasteiger partial charge is 0.206 e. The second-order valence-corrected chi connectivity index (χ2v) is 3.36. The topological polar surface area (TPSA) is 47.8 Å². The van der Waals surface area contributed by atoms with Gasteiger partial charge in [-0.05, 0) is 29.8 Å². The van der Waals surface area contributed by atoms with Crippen LogP contribution in [0.5, 0.6) is 0 Å². The minimum atomic E-state index is -0.107. The van der Waals surface area contributed by atoms with Crippen molar-refractivity contribution < 1.29 is 4.79 Å². The molecule has 0 aliphatic carbocycles. The minimum absolute atomic E-state index is 0.107. The fourth-order valence-electron chi connectivity index (χ4n) is 1.28. The van der Waals surface area contributed by atoms with Crippen LogP contribution in [-0.4, -0.2) is 20.5 Å². The first-order chi connectivity index (χ1) is 7.75. The molecule has 2 heterocycles. The van der Waals surface area contributed by atoms with Gasteiger partial charge >= 0.3 is 0 Å². The Kier molecular flexibility index (Phi) is 2.91. The second kappa shape index (κ2) is 4.53. The van der Waals surface area contributed by atoms with Crippen LogP contribution in [0.3, 0.4) is 0 Å². The molecule has 0 unspecified atom stereocenters. The van der Waals surface area contributed by atoms with Gasteiger partial charge in [-0.15, -0.1) is 0 Å². The molecule has 80 valence electrons. The lowest BCUT2D eigenvalue weighted by Gasteiger charge is -1.90. The van der Waals surface area contributed by atoms with Crippen molar-refractivity contribution in [2.45, 2.75) is 0 Å². The average molecular weight is 213 g/mol. The maximum Gasteiger partial charge on any atom is 0.206 e. The largest absolute Gasteiger partial charge is 0.287 e. The molecule has 0 aliphatic rings. The van der Waals surface area contributed by atoms with Gasteiger partial charge in [0.2, 0.25) is 5.78 Å². The summed E-state index contributed by atoms with van der Waals surface area (Å²) >= 11 is 0. The molecule has 2 rings (SSSR count). The third-order valence-corrected chi connectivity index (χ3v) is 2.08. The zero-order valence-corrected chi connectivity index (χ0v) is 8.87. The summed E-state index contributed by atoms with van der Waals surface area (Å²) in [5, 5.41) is 4.02. The van der Waals surface area contributed by atoms with Crippen molar-refractivity contribution in [2.24, 2.45) is 7.05 Å². The van der Waals surface area contributed by atoms with E-state index in [-0.39, 0.29) is 5.78 Å². The Morgan fingerprint density at radius 2 is 2.31 bits per heavy atom. The van der Waals surface area contributed by atoms with Gasteiger partial charge in [0.1, 0.15) is 5.69 Å². The summed E-state index contributed by atoms with van der Waals surface area (Å²) in [5.41, 5.74) is 1.34. The standard InChI is InChI=1S/C12H11N3O/c1-15-8-6-11(14-15)12(16)5-4-10-3-2-7-13-9-10/h2-9H,1H3/b5-4+. The molecule has 16 heavy (non-hydrogen) atoms. The molecule has 0 radical (unpaired) electrons. The van der Waals surface area contributed by atoms with Crippen LogP contribution in [0.25, 0.3) is 6.08 Å². The first kappa shape index (κ1) is 10.3. The summed E-state index contributed by atoms with van der Waals surface area (Å²) in [4.78, 5) is 15.6. The van der Waals surface area contributed by atoms with Crippen molar-refractivity contribution in [2.75, 3.05) is 0 Å². The van der Waals surface area contributed by atoms with Crippen LogP contribution in [0.1, 0.15) is 16.1 Å². The Bertz CT molecular complexity index is 514. The van der Waals surface area contributed by atoms with Crippen LogP contribution in [-0.2, 0) is 7.05 Å². The van der Waals surface area contributed by atoms with Crippen LogP contribution in [0.4, 0.5) is 0 Å². The van der Waals surface area contributed by atoms with Gasteiger partial charge in [-0.1, -0.05) is 6.07 Å². The molecule has 0 aliphatic heterocycles. The van der Waals surface area contributed by atoms with Crippen molar-refractivity contribution in [3.8, 4) is 0 Å². The molecule has 0 saturated heterocycles. The SMILES string of the molecule is Cn1ccc(C(=O)/C=C/c2cccnc2)n1. The van der Waals surface area contributed by atoms with E-state index in [0.29, 0.717) is 5.69 Å². The fraction of sp³-hybridized carbons (Fsp3) is 0.0833. The lowest BCUT2D eigenvalue weighted by molar-refractivity contribution is 0.104. The Morgan fingerprint density at radius 3 is 2.94 bits per heavy atom. The Balaban J connectivity index is 2.11. The van der Waals surface area contributed by atoms with Crippen molar-refractivity contribution in [3.05, 3.63) is 54.1 Å². The van der Waals surface area contributed by atoms with Gasteiger partial charge in [0, 0.05) is 25.6 Å². The van der Waals surface area contributed by atoms with Gasteiger partial charge in [0.25, 0.3) is 0 Å². The van der Waals surface area contributed by atoms with Gasteiger partial charge in [-0.2, -0.15) is 5.10 Å². The molecule has 2 aromatic rings. The van der Waals surface area contributed by atoms with E-state index in [9.17, 15) is 4.79 Å². The number of aryl methyl sites for hydroxylation is 1. The quantitative estimate of drug-likeness (QED) is 0.576. The maximum absolute atomic E-state index is 11.6. The van der Waals surface area contributed by atoms with E-state index in [4.69, 9.17) is 0 Å². The molecule has 2 aromatic heterocycles. The van der Waals surface area contributed by atoms with E-state index in [0.717, 1.165) is 5.56 Å². The number of allylic oxidation sites excluding steroid dienone is 1. The minimum Gasteiger partial charge on any atom is -0.287 e. The Labute approximate surface area is 93.2 Å². The molecule has 4 heteroatoms. The lowest BCUT2D eigenvalue weighted by Crippen LogP contribution is -1.97. The van der Waals surface area contributed by atoms with E-state index >= 15 is 0 Å². The van der Waals surface area contributed by atoms with E-state index in [2.05, 4.69) is 10.1 Å². The highest BCUT2D eigenvalue weighted by atomic mass is 16.1. The number of rotatable bonds is 3. The van der Waals surface area contributed by atoms with E-state index in [1.807, 2.05) is 12.1 Å². The van der Waals surface area contributed by atoms with Crippen molar-refractivity contribution in [3.63, 3.8) is 0 Å². The lowest BCUT2D eigenvalue weighted by atomic mass is 10.2. The highest BCUT2D eigenvalue weighted by Crippen LogP contribution is 2.02. The van der Waals surface area contributed by atoms with E-state index in [1.54, 1.807) is 42.5 Å². The normalized spacial score (nSPS) is 10.8. The summed E-state index contributed by atoms with van der Waals surface area (Å²) in [6, 6.07) is 5.40. The van der Waals surface area contributed by atoms with Crippen molar-refractivity contribution >= 4 is 11.9 Å². The number of hydrogen-bond donors (Lipinski definition) is 0. The summed E-state index contributed by atoms with van der Waals surface area (Å²) in [6.45, 7) is 0. The number of pyridine rings is 1. The molecule has 0 bridgehead atoms. The van der Waals surface area contributed by atoms with E-state index < -0.39 is 0 Å². The summed E-state index contributed by atoms with van der Waals surface area (Å²) in [5.74, 6) is -0.107. The van der Waals surface area contributed by atoms with Gasteiger partial charge in [0.05, 0.1) is 0 Å².